The SMILES string of the molecule is CN(C)C(=O)c1ccc(NC(=O)CCC(=O)c2ccccc2Cl)cc1Cl. The van der Waals surface area contributed by atoms with E-state index < -0.39 is 0 Å². The van der Waals surface area contributed by atoms with E-state index in [2.05, 4.69) is 5.32 Å². The number of hydrogen-bond donors (Lipinski definition) is 1. The van der Waals surface area contributed by atoms with Gasteiger partial charge in [0, 0.05) is 38.2 Å². The van der Waals surface area contributed by atoms with E-state index in [0.29, 0.717) is 21.8 Å². The van der Waals surface area contributed by atoms with Crippen LogP contribution < -0.4 is 5.32 Å². The second kappa shape index (κ2) is 8.83. The molecule has 0 bridgehead atoms. The van der Waals surface area contributed by atoms with Crippen molar-refractivity contribution in [2.24, 2.45) is 0 Å². The molecule has 0 aliphatic heterocycles. The van der Waals surface area contributed by atoms with E-state index in [4.69, 9.17) is 23.2 Å². The van der Waals surface area contributed by atoms with Crippen LogP contribution in [0, 0.1) is 0 Å². The van der Waals surface area contributed by atoms with Crippen molar-refractivity contribution < 1.29 is 14.4 Å². The molecule has 1 N–H and O–H groups in total. The number of amides is 2. The first kappa shape index (κ1) is 19.9. The van der Waals surface area contributed by atoms with Crippen molar-refractivity contribution in [2.45, 2.75) is 12.8 Å². The van der Waals surface area contributed by atoms with Gasteiger partial charge in [0.1, 0.15) is 0 Å². The van der Waals surface area contributed by atoms with Gasteiger partial charge in [-0.05, 0) is 30.3 Å². The Kier molecular flexibility index (Phi) is 6.77. The van der Waals surface area contributed by atoms with Crippen molar-refractivity contribution in [3.05, 3.63) is 63.6 Å². The molecule has 0 spiro atoms. The van der Waals surface area contributed by atoms with Crippen LogP contribution >= 0.6 is 23.2 Å². The monoisotopic (exact) mass is 392 g/mol. The third-order valence-corrected chi connectivity index (χ3v) is 4.29. The lowest BCUT2D eigenvalue weighted by atomic mass is 10.1. The minimum absolute atomic E-state index is 0.0139. The lowest BCUT2D eigenvalue weighted by molar-refractivity contribution is -0.116. The van der Waals surface area contributed by atoms with Gasteiger partial charge in [0.15, 0.2) is 5.78 Å². The first-order valence-electron chi connectivity index (χ1n) is 7.88. The maximum atomic E-state index is 12.1. The number of benzene rings is 2. The van der Waals surface area contributed by atoms with E-state index in [1.54, 1.807) is 50.5 Å². The van der Waals surface area contributed by atoms with E-state index in [1.807, 2.05) is 0 Å². The Morgan fingerprint density at radius 2 is 1.62 bits per heavy atom. The Morgan fingerprint density at radius 3 is 2.23 bits per heavy atom. The lowest BCUT2D eigenvalue weighted by Gasteiger charge is -2.12. The lowest BCUT2D eigenvalue weighted by Crippen LogP contribution is -2.22. The van der Waals surface area contributed by atoms with Gasteiger partial charge in [-0.3, -0.25) is 14.4 Å². The highest BCUT2D eigenvalue weighted by Crippen LogP contribution is 2.22. The first-order chi connectivity index (χ1) is 12.3. The summed E-state index contributed by atoms with van der Waals surface area (Å²) in [6.45, 7) is 0. The number of nitrogens with one attached hydrogen (secondary N) is 1. The summed E-state index contributed by atoms with van der Waals surface area (Å²) in [6.07, 6.45) is 0.0561. The number of ketones is 1. The van der Waals surface area contributed by atoms with E-state index in [-0.39, 0.29) is 35.5 Å². The smallest absolute Gasteiger partial charge is 0.254 e. The quantitative estimate of drug-likeness (QED) is 0.745. The number of carbonyl (C=O) groups is 3. The van der Waals surface area contributed by atoms with E-state index in [9.17, 15) is 14.4 Å². The average Bonchev–Trinajstić information content (AvgIpc) is 2.59. The average molecular weight is 393 g/mol. The summed E-state index contributed by atoms with van der Waals surface area (Å²) >= 11 is 12.1. The molecular weight excluding hydrogens is 375 g/mol. The minimum atomic E-state index is -0.326. The summed E-state index contributed by atoms with van der Waals surface area (Å²) in [5.41, 5.74) is 1.21. The van der Waals surface area contributed by atoms with Gasteiger partial charge in [0.2, 0.25) is 5.91 Å². The van der Waals surface area contributed by atoms with Crippen LogP contribution in [0.5, 0.6) is 0 Å². The third kappa shape index (κ3) is 5.07. The number of rotatable bonds is 6. The van der Waals surface area contributed by atoms with Crippen LogP contribution in [0.25, 0.3) is 0 Å². The standard InChI is InChI=1S/C19H18Cl2N2O3/c1-23(2)19(26)14-8-7-12(11-16(14)21)22-18(25)10-9-17(24)13-5-3-4-6-15(13)20/h3-8,11H,9-10H2,1-2H3,(H,22,25). The molecule has 0 unspecified atom stereocenters. The predicted molar refractivity (Wildman–Crippen MR) is 103 cm³/mol. The van der Waals surface area contributed by atoms with Gasteiger partial charge in [-0.15, -0.1) is 0 Å². The van der Waals surface area contributed by atoms with Gasteiger partial charge in [0.25, 0.3) is 5.91 Å². The highest BCUT2D eigenvalue weighted by molar-refractivity contribution is 6.34. The van der Waals surface area contributed by atoms with E-state index in [1.165, 1.54) is 11.0 Å². The molecule has 2 aromatic carbocycles. The molecule has 2 rings (SSSR count). The summed E-state index contributed by atoms with van der Waals surface area (Å²) in [7, 11) is 3.26. The highest BCUT2D eigenvalue weighted by Gasteiger charge is 2.15. The fraction of sp³-hybridized carbons (Fsp3) is 0.211. The highest BCUT2D eigenvalue weighted by atomic mass is 35.5. The largest absolute Gasteiger partial charge is 0.345 e. The number of hydrogen-bond acceptors (Lipinski definition) is 3. The van der Waals surface area contributed by atoms with Gasteiger partial charge in [-0.2, -0.15) is 0 Å². The van der Waals surface area contributed by atoms with Crippen LogP contribution in [0.4, 0.5) is 5.69 Å². The Morgan fingerprint density at radius 1 is 0.923 bits per heavy atom. The van der Waals surface area contributed by atoms with Gasteiger partial charge < -0.3 is 10.2 Å². The van der Waals surface area contributed by atoms with Crippen LogP contribution in [0.2, 0.25) is 10.0 Å². The van der Waals surface area contributed by atoms with Crippen LogP contribution in [0.1, 0.15) is 33.6 Å². The molecule has 0 aliphatic rings. The van der Waals surface area contributed by atoms with Crippen molar-refractivity contribution in [3.63, 3.8) is 0 Å². The summed E-state index contributed by atoms with van der Waals surface area (Å²) < 4.78 is 0. The Labute approximate surface area is 161 Å². The summed E-state index contributed by atoms with van der Waals surface area (Å²) in [5, 5.41) is 3.28. The number of nitrogens with zero attached hydrogens (tertiary/aromatic N) is 1. The molecule has 5 nitrogen and oxygen atoms in total. The van der Waals surface area contributed by atoms with Crippen molar-refractivity contribution in [2.75, 3.05) is 19.4 Å². The van der Waals surface area contributed by atoms with Gasteiger partial charge in [-0.1, -0.05) is 35.3 Å². The van der Waals surface area contributed by atoms with Crippen LogP contribution in [0.3, 0.4) is 0 Å². The second-order valence-corrected chi connectivity index (χ2v) is 6.66. The van der Waals surface area contributed by atoms with Crippen LogP contribution in [-0.4, -0.2) is 36.6 Å². The molecule has 0 saturated carbocycles. The van der Waals surface area contributed by atoms with Gasteiger partial charge in [0.05, 0.1) is 15.6 Å². The molecule has 0 aromatic heterocycles. The number of halogens is 2. The van der Waals surface area contributed by atoms with Crippen molar-refractivity contribution >= 4 is 46.5 Å². The predicted octanol–water partition coefficient (Wildman–Crippen LogP) is 4.30. The van der Waals surface area contributed by atoms with Crippen molar-refractivity contribution in [1.82, 2.24) is 4.90 Å². The first-order valence-corrected chi connectivity index (χ1v) is 8.64. The van der Waals surface area contributed by atoms with Gasteiger partial charge >= 0.3 is 0 Å². The molecule has 7 heteroatoms. The maximum absolute atomic E-state index is 12.1. The third-order valence-electron chi connectivity index (χ3n) is 3.64. The Balaban J connectivity index is 1.96. The minimum Gasteiger partial charge on any atom is -0.345 e. The topological polar surface area (TPSA) is 66.5 Å². The molecule has 26 heavy (non-hydrogen) atoms. The fourth-order valence-electron chi connectivity index (χ4n) is 2.28. The van der Waals surface area contributed by atoms with Crippen LogP contribution in [-0.2, 0) is 4.79 Å². The fourth-order valence-corrected chi connectivity index (χ4v) is 2.78. The van der Waals surface area contributed by atoms with Crippen LogP contribution in [0.15, 0.2) is 42.5 Å². The zero-order valence-corrected chi connectivity index (χ0v) is 15.9. The van der Waals surface area contributed by atoms with E-state index in [0.717, 1.165) is 0 Å². The molecule has 0 fully saturated rings. The molecule has 0 heterocycles. The van der Waals surface area contributed by atoms with Crippen molar-refractivity contribution in [1.29, 1.82) is 0 Å². The molecule has 0 aliphatic carbocycles. The Bertz CT molecular complexity index is 850. The molecule has 136 valence electrons. The summed E-state index contributed by atoms with van der Waals surface area (Å²) in [4.78, 5) is 37.5. The molecule has 2 amide bonds. The molecular formula is C19H18Cl2N2O3. The molecule has 0 atom stereocenters. The van der Waals surface area contributed by atoms with Crippen molar-refractivity contribution in [3.8, 4) is 0 Å². The molecule has 0 radical (unpaired) electrons. The zero-order chi connectivity index (χ0) is 19.3. The number of Topliss-reactive ketones (excluding diaryl/α,β-unsaturated/α-hetero) is 1. The molecule has 2 aromatic rings. The summed E-state index contributed by atoms with van der Waals surface area (Å²) in [5.74, 6) is -0.748. The Hall–Kier alpha value is -2.37. The van der Waals surface area contributed by atoms with E-state index >= 15 is 0 Å². The number of carbonyl (C=O) groups excluding carboxylic acids is 3. The zero-order valence-electron chi connectivity index (χ0n) is 14.4. The number of anilines is 1. The molecule has 0 saturated heterocycles. The summed E-state index contributed by atoms with van der Waals surface area (Å²) in [6, 6.07) is 11.4. The maximum Gasteiger partial charge on any atom is 0.254 e. The normalized spacial score (nSPS) is 10.3. The van der Waals surface area contributed by atoms with Gasteiger partial charge in [-0.25, -0.2) is 0 Å². The second-order valence-electron chi connectivity index (χ2n) is 5.85.